The zero-order valence-corrected chi connectivity index (χ0v) is 21.5. The molecule has 8 nitrogen and oxygen atoms in total. The molecule has 1 aliphatic rings. The van der Waals surface area contributed by atoms with Crippen LogP contribution < -0.4 is 9.62 Å². The molecule has 0 fully saturated rings. The lowest BCUT2D eigenvalue weighted by Crippen LogP contribution is -2.54. The molecular weight excluding hydrogens is 577 g/mol. The van der Waals surface area contributed by atoms with Crippen molar-refractivity contribution >= 4 is 21.6 Å². The highest BCUT2D eigenvalue weighted by Crippen LogP contribution is 2.51. The fraction of sp³-hybridized carbons (Fsp3) is 0.458. The summed E-state index contributed by atoms with van der Waals surface area (Å²) >= 11 is 0. The summed E-state index contributed by atoms with van der Waals surface area (Å²) in [5, 5.41) is 31.1. The highest BCUT2D eigenvalue weighted by Gasteiger charge is 2.71. The van der Waals surface area contributed by atoms with E-state index in [1.165, 1.54) is 6.92 Å². The lowest BCUT2D eigenvalue weighted by atomic mass is 9.87. The van der Waals surface area contributed by atoms with E-state index >= 15 is 0 Å². The van der Waals surface area contributed by atoms with Gasteiger partial charge in [-0.3, -0.25) is 9.10 Å². The third-order valence-electron chi connectivity index (χ3n) is 6.55. The molecule has 4 N–H and O–H groups in total. The Balaban J connectivity index is 2.13. The number of hydrogen-bond donors (Lipinski definition) is 4. The van der Waals surface area contributed by atoms with Crippen LogP contribution in [0.25, 0.3) is 0 Å². The van der Waals surface area contributed by atoms with Crippen LogP contribution >= 0.6 is 0 Å². The maximum atomic E-state index is 13.6. The number of carbonyl (C=O) groups is 1. The first-order valence-electron chi connectivity index (χ1n) is 11.7. The molecule has 0 spiro atoms. The molecule has 1 aliphatic heterocycles. The van der Waals surface area contributed by atoms with Gasteiger partial charge in [0.2, 0.25) is 5.91 Å². The minimum Gasteiger partial charge on any atom is -0.394 e. The molecule has 0 radical (unpaired) electrons. The summed E-state index contributed by atoms with van der Waals surface area (Å²) in [4.78, 5) is 12.2. The Labute approximate surface area is 224 Å². The third-order valence-corrected chi connectivity index (χ3v) is 8.43. The van der Waals surface area contributed by atoms with Crippen molar-refractivity contribution in [3.8, 4) is 0 Å². The molecule has 3 rings (SSSR count). The molecule has 40 heavy (non-hydrogen) atoms. The zero-order valence-electron chi connectivity index (χ0n) is 20.7. The minimum atomic E-state index is -6.16. The van der Waals surface area contributed by atoms with Crippen LogP contribution in [-0.4, -0.2) is 66.8 Å². The molecule has 16 heteroatoms. The first-order valence-corrected chi connectivity index (χ1v) is 13.2. The van der Waals surface area contributed by atoms with Crippen molar-refractivity contribution in [1.82, 2.24) is 5.32 Å². The van der Waals surface area contributed by atoms with Crippen LogP contribution in [0.15, 0.2) is 47.4 Å². The second-order valence-corrected chi connectivity index (χ2v) is 11.1. The maximum Gasteiger partial charge on any atom is 0.430 e. The quantitative estimate of drug-likeness (QED) is 0.345. The number of halogens is 7. The van der Waals surface area contributed by atoms with Gasteiger partial charge < -0.3 is 20.6 Å². The SMILES string of the molecule is C[C@@H](O)[C@@H](CO)NC(=O)C[C@@H]1CCc2cc(C(O)(C(F)(F)F)C(F)(F)F)ccc2N1S(=O)(=O)c1ccc(F)cc1. The second-order valence-electron chi connectivity index (χ2n) is 9.30. The molecule has 2 aromatic rings. The van der Waals surface area contributed by atoms with Gasteiger partial charge in [-0.25, -0.2) is 12.8 Å². The molecule has 0 unspecified atom stereocenters. The standard InChI is InChI=1S/C24H25F7N2O6S/c1-13(35)19(12-34)32-21(36)11-17-6-2-14-10-15(22(37,23(26,27)28)24(29,30)31)3-9-20(14)33(17)40(38,39)18-7-4-16(25)5-8-18/h3-5,7-10,13,17,19,34-35,37H,2,6,11-12H2,1H3,(H,32,36)/t13-,17+,19-/m1/s1. The van der Waals surface area contributed by atoms with Gasteiger partial charge in [0.25, 0.3) is 15.6 Å². The number of amides is 1. The minimum absolute atomic E-state index is 0.251. The summed E-state index contributed by atoms with van der Waals surface area (Å²) in [5.41, 5.74) is -7.46. The van der Waals surface area contributed by atoms with Crippen molar-refractivity contribution in [2.75, 3.05) is 10.9 Å². The average Bonchev–Trinajstić information content (AvgIpc) is 2.84. The van der Waals surface area contributed by atoms with Crippen LogP contribution in [0.5, 0.6) is 0 Å². The van der Waals surface area contributed by atoms with E-state index < -0.39 is 81.4 Å². The van der Waals surface area contributed by atoms with Gasteiger partial charge in [-0.1, -0.05) is 12.1 Å². The molecule has 0 bridgehead atoms. The van der Waals surface area contributed by atoms with Crippen molar-refractivity contribution in [2.24, 2.45) is 0 Å². The molecule has 0 saturated carbocycles. The number of nitrogens with zero attached hydrogens (tertiary/aromatic N) is 1. The number of rotatable bonds is 8. The molecule has 2 aromatic carbocycles. The van der Waals surface area contributed by atoms with Crippen LogP contribution in [0.4, 0.5) is 36.4 Å². The number of benzene rings is 2. The summed E-state index contributed by atoms with van der Waals surface area (Å²) in [7, 11) is -4.66. The first kappa shape index (κ1) is 31.6. The fourth-order valence-corrected chi connectivity index (χ4v) is 6.10. The number of anilines is 1. The van der Waals surface area contributed by atoms with Gasteiger partial charge in [0.1, 0.15) is 5.82 Å². The normalized spacial score (nSPS) is 18.2. The predicted molar refractivity (Wildman–Crippen MR) is 126 cm³/mol. The van der Waals surface area contributed by atoms with E-state index in [0.717, 1.165) is 24.3 Å². The van der Waals surface area contributed by atoms with Gasteiger partial charge in [0.05, 0.1) is 35.4 Å². The number of nitrogens with one attached hydrogen (secondary N) is 1. The summed E-state index contributed by atoms with van der Waals surface area (Å²) in [6.45, 7) is 0.628. The molecule has 1 heterocycles. The lowest BCUT2D eigenvalue weighted by molar-refractivity contribution is -0.376. The molecule has 0 aromatic heterocycles. The Morgan fingerprint density at radius 1 is 1.07 bits per heavy atom. The number of carbonyl (C=O) groups excluding carboxylic acids is 1. The highest BCUT2D eigenvalue weighted by molar-refractivity contribution is 7.92. The first-order chi connectivity index (χ1) is 18.3. The van der Waals surface area contributed by atoms with Crippen LogP contribution in [0.2, 0.25) is 0 Å². The van der Waals surface area contributed by atoms with Crippen molar-refractivity contribution in [1.29, 1.82) is 0 Å². The number of aryl methyl sites for hydroxylation is 1. The summed E-state index contributed by atoms with van der Waals surface area (Å²) in [6, 6.07) is 2.50. The van der Waals surface area contributed by atoms with E-state index in [1.807, 2.05) is 0 Å². The average molecular weight is 603 g/mol. The number of aliphatic hydroxyl groups is 3. The number of sulfonamides is 1. The highest BCUT2D eigenvalue weighted by atomic mass is 32.2. The van der Waals surface area contributed by atoms with Crippen LogP contribution in [0, 0.1) is 5.82 Å². The Morgan fingerprint density at radius 2 is 1.65 bits per heavy atom. The number of alkyl halides is 6. The van der Waals surface area contributed by atoms with Gasteiger partial charge >= 0.3 is 12.4 Å². The fourth-order valence-electron chi connectivity index (χ4n) is 4.38. The number of fused-ring (bicyclic) bond motifs is 1. The van der Waals surface area contributed by atoms with Gasteiger partial charge in [0, 0.05) is 12.0 Å². The predicted octanol–water partition coefficient (Wildman–Crippen LogP) is 2.90. The van der Waals surface area contributed by atoms with E-state index in [0.29, 0.717) is 22.5 Å². The van der Waals surface area contributed by atoms with E-state index in [1.54, 1.807) is 0 Å². The number of aliphatic hydroxyl groups excluding tert-OH is 2. The Bertz CT molecular complexity index is 1320. The monoisotopic (exact) mass is 602 g/mol. The van der Waals surface area contributed by atoms with E-state index in [-0.39, 0.29) is 24.1 Å². The molecule has 0 saturated heterocycles. The molecule has 1 amide bonds. The van der Waals surface area contributed by atoms with E-state index in [2.05, 4.69) is 5.32 Å². The van der Waals surface area contributed by atoms with Gasteiger partial charge in [0.15, 0.2) is 0 Å². The van der Waals surface area contributed by atoms with Crippen LogP contribution in [-0.2, 0) is 26.8 Å². The number of hydrogen-bond acceptors (Lipinski definition) is 6. The molecule has 0 aliphatic carbocycles. The molecule has 3 atom stereocenters. The van der Waals surface area contributed by atoms with Gasteiger partial charge in [-0.05, 0) is 55.7 Å². The Kier molecular flexibility index (Phi) is 8.79. The summed E-state index contributed by atoms with van der Waals surface area (Å²) < 4.78 is 122. The van der Waals surface area contributed by atoms with Crippen molar-refractivity contribution in [3.63, 3.8) is 0 Å². The Hall–Kier alpha value is -2.95. The second kappa shape index (κ2) is 11.1. The van der Waals surface area contributed by atoms with Crippen molar-refractivity contribution in [2.45, 2.75) is 67.2 Å². The zero-order chi connectivity index (χ0) is 30.3. The molecule has 222 valence electrons. The maximum absolute atomic E-state index is 13.6. The van der Waals surface area contributed by atoms with Crippen LogP contribution in [0.1, 0.15) is 30.9 Å². The summed E-state index contributed by atoms with van der Waals surface area (Å²) in [5.74, 6) is -1.60. The van der Waals surface area contributed by atoms with Crippen molar-refractivity contribution < 1.29 is 59.3 Å². The topological polar surface area (TPSA) is 127 Å². The van der Waals surface area contributed by atoms with E-state index in [4.69, 9.17) is 0 Å². The molecular formula is C24H25F7N2O6S. The smallest absolute Gasteiger partial charge is 0.394 e. The van der Waals surface area contributed by atoms with Gasteiger partial charge in [-0.15, -0.1) is 0 Å². The van der Waals surface area contributed by atoms with Crippen LogP contribution in [0.3, 0.4) is 0 Å². The van der Waals surface area contributed by atoms with Crippen molar-refractivity contribution in [3.05, 3.63) is 59.4 Å². The Morgan fingerprint density at radius 3 is 2.15 bits per heavy atom. The van der Waals surface area contributed by atoms with E-state index in [9.17, 15) is 59.3 Å². The summed E-state index contributed by atoms with van der Waals surface area (Å²) in [6.07, 6.45) is -14.6. The third kappa shape index (κ3) is 5.89. The van der Waals surface area contributed by atoms with Gasteiger partial charge in [-0.2, -0.15) is 26.3 Å². The lowest BCUT2D eigenvalue weighted by Gasteiger charge is -2.39. The largest absolute Gasteiger partial charge is 0.430 e.